The van der Waals surface area contributed by atoms with Crippen molar-refractivity contribution in [1.82, 2.24) is 0 Å². The van der Waals surface area contributed by atoms with Gasteiger partial charge < -0.3 is 10.5 Å². The molecule has 1 atom stereocenters. The maximum atomic E-state index is 11.8. The lowest BCUT2D eigenvalue weighted by Crippen LogP contribution is -2.30. The highest BCUT2D eigenvalue weighted by atomic mass is 16.5. The smallest absolute Gasteiger partial charge is 0.283 e. The quantitative estimate of drug-likeness (QED) is 0.799. The van der Waals surface area contributed by atoms with Crippen LogP contribution in [0.4, 0.5) is 0 Å². The normalized spacial score (nSPS) is 23.8. The third-order valence-corrected chi connectivity index (χ3v) is 2.61. The highest BCUT2D eigenvalue weighted by molar-refractivity contribution is 6.06. The number of benzene rings is 1. The first-order valence-corrected chi connectivity index (χ1v) is 4.84. The summed E-state index contributed by atoms with van der Waals surface area (Å²) in [5.41, 5.74) is 4.64. The van der Waals surface area contributed by atoms with Crippen molar-refractivity contribution in [2.75, 3.05) is 0 Å². The predicted octanol–water partition coefficient (Wildman–Crippen LogP) is 0.870. The van der Waals surface area contributed by atoms with Crippen LogP contribution in [0.25, 0.3) is 0 Å². The Morgan fingerprint density at radius 2 is 1.94 bits per heavy atom. The van der Waals surface area contributed by atoms with Crippen LogP contribution in [0.5, 0.6) is 0 Å². The average Bonchev–Trinajstić information content (AvgIpc) is 2.58. The van der Waals surface area contributed by atoms with Crippen molar-refractivity contribution >= 4 is 11.7 Å². The fourth-order valence-corrected chi connectivity index (χ4v) is 1.64. The van der Waals surface area contributed by atoms with Gasteiger partial charge in [0.15, 0.2) is 11.4 Å². The highest BCUT2D eigenvalue weighted by Crippen LogP contribution is 2.34. The Morgan fingerprint density at radius 3 is 2.44 bits per heavy atom. The maximum absolute atomic E-state index is 11.8. The summed E-state index contributed by atoms with van der Waals surface area (Å²) in [5, 5.41) is 0. The van der Waals surface area contributed by atoms with Crippen molar-refractivity contribution < 1.29 is 14.3 Å². The van der Waals surface area contributed by atoms with Crippen LogP contribution >= 0.6 is 0 Å². The van der Waals surface area contributed by atoms with Gasteiger partial charge in [0.05, 0.1) is 0 Å². The molecule has 1 aliphatic rings. The van der Waals surface area contributed by atoms with Gasteiger partial charge in [-0.25, -0.2) is 0 Å². The number of hydrogen-bond donors (Lipinski definition) is 1. The zero-order chi connectivity index (χ0) is 11.8. The van der Waals surface area contributed by atoms with Gasteiger partial charge in [-0.3, -0.25) is 9.59 Å². The second kappa shape index (κ2) is 3.48. The monoisotopic (exact) mass is 217 g/mol. The van der Waals surface area contributed by atoms with Crippen LogP contribution in [0.3, 0.4) is 0 Å². The molecule has 0 bridgehead atoms. The summed E-state index contributed by atoms with van der Waals surface area (Å²) in [5.74, 6) is -1.09. The first kappa shape index (κ1) is 10.4. The molecule has 0 radical (unpaired) electrons. The maximum Gasteiger partial charge on any atom is 0.283 e. The van der Waals surface area contributed by atoms with Crippen molar-refractivity contribution in [2.45, 2.75) is 12.5 Å². The van der Waals surface area contributed by atoms with Gasteiger partial charge >= 0.3 is 0 Å². The van der Waals surface area contributed by atoms with Gasteiger partial charge in [-0.2, -0.15) is 0 Å². The van der Waals surface area contributed by atoms with E-state index in [0.29, 0.717) is 5.56 Å². The van der Waals surface area contributed by atoms with E-state index >= 15 is 0 Å². The number of carbonyl (C=O) groups excluding carboxylic acids is 2. The predicted molar refractivity (Wildman–Crippen MR) is 57.2 cm³/mol. The molecule has 0 saturated heterocycles. The van der Waals surface area contributed by atoms with E-state index in [9.17, 15) is 9.59 Å². The van der Waals surface area contributed by atoms with Crippen LogP contribution in [-0.4, -0.2) is 11.7 Å². The summed E-state index contributed by atoms with van der Waals surface area (Å²) < 4.78 is 5.35. The second-order valence-corrected chi connectivity index (χ2v) is 3.74. The van der Waals surface area contributed by atoms with E-state index in [2.05, 4.69) is 0 Å². The van der Waals surface area contributed by atoms with Crippen LogP contribution in [-0.2, 0) is 19.9 Å². The molecule has 2 rings (SSSR count). The molecule has 2 N–H and O–H groups in total. The van der Waals surface area contributed by atoms with E-state index in [1.54, 1.807) is 31.2 Å². The Bertz CT molecular complexity index is 478. The molecule has 4 nitrogen and oxygen atoms in total. The zero-order valence-corrected chi connectivity index (χ0v) is 8.77. The lowest BCUT2D eigenvalue weighted by atomic mass is 9.92. The van der Waals surface area contributed by atoms with E-state index < -0.39 is 11.5 Å². The molecule has 0 fully saturated rings. The average molecular weight is 217 g/mol. The summed E-state index contributed by atoms with van der Waals surface area (Å²) in [6.45, 7) is 1.62. The van der Waals surface area contributed by atoms with Crippen molar-refractivity contribution in [1.29, 1.82) is 0 Å². The molecule has 0 aliphatic carbocycles. The third kappa shape index (κ3) is 1.48. The van der Waals surface area contributed by atoms with Crippen LogP contribution in [0.2, 0.25) is 0 Å². The number of nitrogens with two attached hydrogens (primary N) is 1. The van der Waals surface area contributed by atoms with E-state index in [0.717, 1.165) is 6.08 Å². The largest absolute Gasteiger partial charge is 0.469 e. The van der Waals surface area contributed by atoms with Gasteiger partial charge in [0.25, 0.3) is 5.91 Å². The van der Waals surface area contributed by atoms with E-state index in [4.69, 9.17) is 10.5 Å². The first-order chi connectivity index (χ1) is 7.54. The molecule has 16 heavy (non-hydrogen) atoms. The third-order valence-electron chi connectivity index (χ3n) is 2.61. The summed E-state index contributed by atoms with van der Waals surface area (Å²) in [4.78, 5) is 22.7. The molecule has 0 spiro atoms. The van der Waals surface area contributed by atoms with Crippen LogP contribution in [0.1, 0.15) is 12.5 Å². The van der Waals surface area contributed by atoms with Gasteiger partial charge in [-0.15, -0.1) is 0 Å². The minimum Gasteiger partial charge on any atom is -0.469 e. The Morgan fingerprint density at radius 1 is 1.31 bits per heavy atom. The first-order valence-electron chi connectivity index (χ1n) is 4.84. The second-order valence-electron chi connectivity index (χ2n) is 3.74. The minimum absolute atomic E-state index is 0.0867. The molecule has 1 heterocycles. The van der Waals surface area contributed by atoms with Crippen LogP contribution < -0.4 is 5.73 Å². The van der Waals surface area contributed by atoms with Crippen LogP contribution in [0.15, 0.2) is 42.2 Å². The minimum atomic E-state index is -1.13. The van der Waals surface area contributed by atoms with Gasteiger partial charge in [-0.1, -0.05) is 30.3 Å². The zero-order valence-electron chi connectivity index (χ0n) is 8.77. The van der Waals surface area contributed by atoms with Crippen molar-refractivity contribution in [3.63, 3.8) is 0 Å². The molecule has 1 aromatic rings. The molecule has 1 aromatic carbocycles. The summed E-state index contributed by atoms with van der Waals surface area (Å²) in [6.07, 6.45) is 1.15. The number of rotatable bonds is 2. The fraction of sp³-hybridized carbons (Fsp3) is 0.167. The van der Waals surface area contributed by atoms with E-state index in [1.807, 2.05) is 6.07 Å². The Labute approximate surface area is 92.7 Å². The summed E-state index contributed by atoms with van der Waals surface area (Å²) in [6, 6.07) is 9.00. The SMILES string of the molecule is CC1(c2ccccc2)OC(C(N)=O)=CC1=O. The fourth-order valence-electron chi connectivity index (χ4n) is 1.64. The van der Waals surface area contributed by atoms with Gasteiger partial charge in [0.2, 0.25) is 5.78 Å². The summed E-state index contributed by atoms with van der Waals surface area (Å²) >= 11 is 0. The van der Waals surface area contributed by atoms with Gasteiger partial charge in [-0.05, 0) is 6.92 Å². The Balaban J connectivity index is 2.38. The molecular formula is C12H11NO3. The lowest BCUT2D eigenvalue weighted by Gasteiger charge is -2.23. The standard InChI is InChI=1S/C12H11NO3/c1-12(8-5-3-2-4-6-8)10(14)7-9(16-12)11(13)15/h2-7H,1H3,(H2,13,15). The highest BCUT2D eigenvalue weighted by Gasteiger charge is 2.42. The Kier molecular flexibility index (Phi) is 2.27. The van der Waals surface area contributed by atoms with E-state index in [1.165, 1.54) is 0 Å². The number of ether oxygens (including phenoxy) is 1. The Hall–Kier alpha value is -2.10. The molecule has 1 aliphatic heterocycles. The lowest BCUT2D eigenvalue weighted by molar-refractivity contribution is -0.131. The molecule has 82 valence electrons. The molecule has 4 heteroatoms. The molecule has 0 aromatic heterocycles. The summed E-state index contributed by atoms with van der Waals surface area (Å²) in [7, 11) is 0. The van der Waals surface area contributed by atoms with Crippen molar-refractivity contribution in [3.8, 4) is 0 Å². The van der Waals surface area contributed by atoms with E-state index in [-0.39, 0.29) is 11.5 Å². The number of hydrogen-bond acceptors (Lipinski definition) is 3. The van der Waals surface area contributed by atoms with Gasteiger partial charge in [0.1, 0.15) is 0 Å². The van der Waals surface area contributed by atoms with Crippen molar-refractivity contribution in [3.05, 3.63) is 47.7 Å². The molecule has 1 unspecified atom stereocenters. The van der Waals surface area contributed by atoms with Gasteiger partial charge in [0, 0.05) is 11.6 Å². The number of amides is 1. The van der Waals surface area contributed by atoms with Crippen LogP contribution in [0, 0.1) is 0 Å². The molecule has 0 saturated carbocycles. The van der Waals surface area contributed by atoms with Crippen molar-refractivity contribution in [2.24, 2.45) is 5.73 Å². The number of ketones is 1. The number of primary amides is 1. The number of carbonyl (C=O) groups is 2. The molecular weight excluding hydrogens is 206 g/mol. The molecule has 1 amide bonds. The topological polar surface area (TPSA) is 69.4 Å².